The van der Waals surface area contributed by atoms with Gasteiger partial charge in [0.05, 0.1) is 0 Å². The van der Waals surface area contributed by atoms with Gasteiger partial charge in [-0.25, -0.2) is 0 Å². The molecule has 6 heteroatoms. The van der Waals surface area contributed by atoms with Crippen LogP contribution in [0.5, 0.6) is 0 Å². The molecule has 0 aliphatic rings. The van der Waals surface area contributed by atoms with E-state index in [2.05, 4.69) is 16.0 Å². The van der Waals surface area contributed by atoms with Gasteiger partial charge in [0.1, 0.15) is 0 Å². The summed E-state index contributed by atoms with van der Waals surface area (Å²) in [4.78, 5) is 39.3. The second-order valence-corrected chi connectivity index (χ2v) is 10.3. The molecule has 4 aromatic rings. The molecular weight excluding hydrogens is 486 g/mol. The summed E-state index contributed by atoms with van der Waals surface area (Å²) in [6, 6.07) is 21.9. The zero-order valence-corrected chi connectivity index (χ0v) is 23.2. The van der Waals surface area contributed by atoms with Crippen LogP contribution in [-0.2, 0) is 0 Å². The van der Waals surface area contributed by atoms with Crippen molar-refractivity contribution in [3.8, 4) is 0 Å². The lowest BCUT2D eigenvalue weighted by atomic mass is 10.1. The van der Waals surface area contributed by atoms with Gasteiger partial charge in [0, 0.05) is 33.8 Å². The molecule has 0 unspecified atom stereocenters. The van der Waals surface area contributed by atoms with Crippen molar-refractivity contribution in [3.63, 3.8) is 0 Å². The largest absolute Gasteiger partial charge is 0.322 e. The van der Waals surface area contributed by atoms with E-state index in [-0.39, 0.29) is 17.7 Å². The number of carbonyl (C=O) groups is 3. The number of benzene rings is 4. The lowest BCUT2D eigenvalue weighted by Crippen LogP contribution is -2.16. The minimum atomic E-state index is -0.286. The Bertz CT molecular complexity index is 1340. The molecule has 0 atom stereocenters. The van der Waals surface area contributed by atoms with Crippen LogP contribution < -0.4 is 16.0 Å². The van der Waals surface area contributed by atoms with Crippen LogP contribution in [0.25, 0.3) is 0 Å². The first-order valence-electron chi connectivity index (χ1n) is 12.8. The Kier molecular flexibility index (Phi) is 7.96. The van der Waals surface area contributed by atoms with Gasteiger partial charge in [-0.05, 0) is 96.1 Å². The highest BCUT2D eigenvalue weighted by molar-refractivity contribution is 6.09. The molecule has 0 heterocycles. The summed E-state index contributed by atoms with van der Waals surface area (Å²) in [5, 5.41) is 8.74. The number of aryl methyl sites for hydroxylation is 6. The van der Waals surface area contributed by atoms with E-state index in [0.717, 1.165) is 33.4 Å². The molecule has 3 amide bonds. The van der Waals surface area contributed by atoms with Gasteiger partial charge in [-0.3, -0.25) is 14.4 Å². The average molecular weight is 520 g/mol. The van der Waals surface area contributed by atoms with E-state index in [9.17, 15) is 14.4 Å². The molecule has 3 N–H and O–H groups in total. The quantitative estimate of drug-likeness (QED) is 0.250. The Labute approximate surface area is 229 Å². The van der Waals surface area contributed by atoms with Crippen molar-refractivity contribution in [3.05, 3.63) is 123 Å². The van der Waals surface area contributed by atoms with Crippen molar-refractivity contribution in [1.29, 1.82) is 0 Å². The summed E-state index contributed by atoms with van der Waals surface area (Å²) in [7, 11) is 0. The third-order valence-corrected chi connectivity index (χ3v) is 6.16. The van der Waals surface area contributed by atoms with Crippen LogP contribution in [0.2, 0.25) is 0 Å². The maximum absolute atomic E-state index is 13.1. The van der Waals surface area contributed by atoms with Crippen LogP contribution in [0, 0.1) is 41.5 Å². The molecule has 39 heavy (non-hydrogen) atoms. The Morgan fingerprint density at radius 2 is 0.564 bits per heavy atom. The van der Waals surface area contributed by atoms with E-state index in [1.807, 2.05) is 96.1 Å². The number of carbonyl (C=O) groups excluding carboxylic acids is 3. The number of amides is 3. The predicted molar refractivity (Wildman–Crippen MR) is 158 cm³/mol. The summed E-state index contributed by atoms with van der Waals surface area (Å²) >= 11 is 0. The van der Waals surface area contributed by atoms with Crippen molar-refractivity contribution in [2.75, 3.05) is 16.0 Å². The summed E-state index contributed by atoms with van der Waals surface area (Å²) in [5.41, 5.74) is 8.79. The van der Waals surface area contributed by atoms with Gasteiger partial charge < -0.3 is 16.0 Å². The maximum Gasteiger partial charge on any atom is 0.255 e. The van der Waals surface area contributed by atoms with E-state index in [0.29, 0.717) is 33.8 Å². The molecule has 4 rings (SSSR count). The summed E-state index contributed by atoms with van der Waals surface area (Å²) in [6.45, 7) is 11.6. The second-order valence-electron chi connectivity index (χ2n) is 10.3. The van der Waals surface area contributed by atoms with Crippen LogP contribution >= 0.6 is 0 Å². The molecule has 0 aromatic heterocycles. The molecule has 0 radical (unpaired) electrons. The standard InChI is InChI=1S/C33H33N3O3/c1-19-7-20(2)11-25(10-19)31(37)34-28-16-29(35-32(38)26-12-21(3)8-22(4)13-26)18-30(17-28)36-33(39)27-14-23(5)9-24(6)15-27/h7-18H,1-6H3,(H,34,37)(H,35,38)(H,36,39). The molecule has 0 saturated carbocycles. The lowest BCUT2D eigenvalue weighted by molar-refractivity contribution is 0.101. The van der Waals surface area contributed by atoms with Gasteiger partial charge in [-0.15, -0.1) is 0 Å². The van der Waals surface area contributed by atoms with Crippen molar-refractivity contribution in [2.45, 2.75) is 41.5 Å². The van der Waals surface area contributed by atoms with Gasteiger partial charge >= 0.3 is 0 Å². The molecule has 0 saturated heterocycles. The molecular formula is C33H33N3O3. The molecule has 0 aliphatic carbocycles. The highest BCUT2D eigenvalue weighted by Gasteiger charge is 2.14. The minimum absolute atomic E-state index is 0.286. The topological polar surface area (TPSA) is 87.3 Å². The SMILES string of the molecule is Cc1cc(C)cc(C(=O)Nc2cc(NC(=O)c3cc(C)cc(C)c3)cc(NC(=O)c3cc(C)cc(C)c3)c2)c1. The Balaban J connectivity index is 1.66. The zero-order chi connectivity index (χ0) is 28.3. The maximum atomic E-state index is 13.1. The number of rotatable bonds is 6. The Morgan fingerprint density at radius 3 is 0.769 bits per heavy atom. The van der Waals surface area contributed by atoms with E-state index in [1.165, 1.54) is 0 Å². The van der Waals surface area contributed by atoms with Gasteiger partial charge in [-0.1, -0.05) is 51.6 Å². The van der Waals surface area contributed by atoms with Crippen molar-refractivity contribution in [2.24, 2.45) is 0 Å². The van der Waals surface area contributed by atoms with Gasteiger partial charge in [0.25, 0.3) is 17.7 Å². The third kappa shape index (κ3) is 7.20. The van der Waals surface area contributed by atoms with Crippen LogP contribution in [0.1, 0.15) is 64.5 Å². The number of hydrogen-bond acceptors (Lipinski definition) is 3. The second kappa shape index (κ2) is 11.4. The molecule has 4 aromatic carbocycles. The molecule has 0 spiro atoms. The summed E-state index contributed by atoms with van der Waals surface area (Å²) in [5.74, 6) is -0.858. The number of hydrogen-bond donors (Lipinski definition) is 3. The van der Waals surface area contributed by atoms with E-state index >= 15 is 0 Å². The molecule has 0 bridgehead atoms. The Morgan fingerprint density at radius 1 is 0.359 bits per heavy atom. The van der Waals surface area contributed by atoms with Crippen LogP contribution in [0.3, 0.4) is 0 Å². The summed E-state index contributed by atoms with van der Waals surface area (Å²) in [6.07, 6.45) is 0. The third-order valence-electron chi connectivity index (χ3n) is 6.16. The predicted octanol–water partition coefficient (Wildman–Crippen LogP) is 7.29. The first-order chi connectivity index (χ1) is 18.4. The van der Waals surface area contributed by atoms with Crippen molar-refractivity contribution >= 4 is 34.8 Å². The van der Waals surface area contributed by atoms with Gasteiger partial charge in [0.15, 0.2) is 0 Å². The average Bonchev–Trinajstić information content (AvgIpc) is 2.82. The number of anilines is 3. The Hall–Kier alpha value is -4.71. The van der Waals surface area contributed by atoms with Crippen LogP contribution in [0.4, 0.5) is 17.1 Å². The summed E-state index contributed by atoms with van der Waals surface area (Å²) < 4.78 is 0. The van der Waals surface area contributed by atoms with Gasteiger partial charge in [-0.2, -0.15) is 0 Å². The van der Waals surface area contributed by atoms with Crippen LogP contribution in [0.15, 0.2) is 72.8 Å². The van der Waals surface area contributed by atoms with E-state index in [4.69, 9.17) is 0 Å². The highest BCUT2D eigenvalue weighted by atomic mass is 16.2. The fourth-order valence-electron chi connectivity index (χ4n) is 4.77. The molecule has 198 valence electrons. The highest BCUT2D eigenvalue weighted by Crippen LogP contribution is 2.25. The van der Waals surface area contributed by atoms with Crippen molar-refractivity contribution in [1.82, 2.24) is 0 Å². The fourth-order valence-corrected chi connectivity index (χ4v) is 4.77. The smallest absolute Gasteiger partial charge is 0.255 e. The van der Waals surface area contributed by atoms with Gasteiger partial charge in [0.2, 0.25) is 0 Å². The monoisotopic (exact) mass is 519 g/mol. The minimum Gasteiger partial charge on any atom is -0.322 e. The van der Waals surface area contributed by atoms with E-state index < -0.39 is 0 Å². The first kappa shape index (κ1) is 27.3. The normalized spacial score (nSPS) is 10.6. The lowest BCUT2D eigenvalue weighted by Gasteiger charge is -2.14. The van der Waals surface area contributed by atoms with E-state index in [1.54, 1.807) is 18.2 Å². The molecule has 0 fully saturated rings. The first-order valence-corrected chi connectivity index (χ1v) is 12.8. The molecule has 6 nitrogen and oxygen atoms in total. The molecule has 0 aliphatic heterocycles. The van der Waals surface area contributed by atoms with Crippen LogP contribution in [-0.4, -0.2) is 17.7 Å². The van der Waals surface area contributed by atoms with Crippen molar-refractivity contribution < 1.29 is 14.4 Å². The number of nitrogens with one attached hydrogen (secondary N) is 3. The fraction of sp³-hybridized carbons (Fsp3) is 0.182. The zero-order valence-electron chi connectivity index (χ0n) is 23.2.